The van der Waals surface area contributed by atoms with Gasteiger partial charge in [0.05, 0.1) is 25.1 Å². The Kier molecular flexibility index (Phi) is 3.73. The van der Waals surface area contributed by atoms with Gasteiger partial charge in [0.15, 0.2) is 0 Å². The van der Waals surface area contributed by atoms with Crippen LogP contribution >= 0.6 is 12.2 Å². The summed E-state index contributed by atoms with van der Waals surface area (Å²) in [6.07, 6.45) is 3.24. The van der Waals surface area contributed by atoms with E-state index in [1.807, 2.05) is 4.90 Å². The van der Waals surface area contributed by atoms with Crippen molar-refractivity contribution >= 4 is 28.8 Å². The van der Waals surface area contributed by atoms with Crippen molar-refractivity contribution in [2.24, 2.45) is 11.5 Å². The topological polar surface area (TPSA) is 94.5 Å². The van der Waals surface area contributed by atoms with Gasteiger partial charge in [-0.05, 0) is 6.07 Å². The van der Waals surface area contributed by atoms with E-state index in [0.717, 1.165) is 5.69 Å². The molecule has 0 bridgehead atoms. The van der Waals surface area contributed by atoms with Gasteiger partial charge in [-0.25, -0.2) is 0 Å². The van der Waals surface area contributed by atoms with Gasteiger partial charge in [0.2, 0.25) is 5.91 Å². The van der Waals surface area contributed by atoms with Crippen LogP contribution in [0.25, 0.3) is 0 Å². The minimum absolute atomic E-state index is 0.265. The molecule has 1 atom stereocenters. The Balaban J connectivity index is 2.39. The predicted molar refractivity (Wildman–Crippen MR) is 71.3 cm³/mol. The maximum atomic E-state index is 11.4. The highest BCUT2D eigenvalue weighted by Gasteiger charge is 2.29. The molecule has 2 heterocycles. The molecule has 0 aliphatic carbocycles. The molecule has 1 fully saturated rings. The Morgan fingerprint density at radius 3 is 3.00 bits per heavy atom. The van der Waals surface area contributed by atoms with E-state index in [-0.39, 0.29) is 11.6 Å². The second kappa shape index (κ2) is 5.28. The molecule has 0 spiro atoms. The first-order valence-corrected chi connectivity index (χ1v) is 5.89. The molecule has 1 saturated heterocycles. The van der Waals surface area contributed by atoms with Crippen LogP contribution in [-0.2, 0) is 9.53 Å². The summed E-state index contributed by atoms with van der Waals surface area (Å²) in [6.45, 7) is 1.34. The number of rotatable bonds is 3. The quantitative estimate of drug-likeness (QED) is 0.710. The number of hydrogen-bond donors (Lipinski definition) is 2. The zero-order chi connectivity index (χ0) is 13.1. The molecule has 0 saturated carbocycles. The van der Waals surface area contributed by atoms with E-state index in [9.17, 15) is 4.79 Å². The van der Waals surface area contributed by atoms with Crippen LogP contribution in [0.2, 0.25) is 0 Å². The molecule has 1 aliphatic heterocycles. The molecule has 18 heavy (non-hydrogen) atoms. The molecule has 7 heteroatoms. The lowest BCUT2D eigenvalue weighted by Crippen LogP contribution is -2.53. The molecule has 1 unspecified atom stereocenters. The number of amides is 1. The third-order valence-electron chi connectivity index (χ3n) is 2.83. The van der Waals surface area contributed by atoms with Crippen LogP contribution in [0.3, 0.4) is 0 Å². The number of hydrogen-bond acceptors (Lipinski definition) is 5. The number of nitrogens with two attached hydrogens (primary N) is 2. The van der Waals surface area contributed by atoms with Crippen molar-refractivity contribution in [2.45, 2.75) is 6.04 Å². The Labute approximate surface area is 110 Å². The van der Waals surface area contributed by atoms with Crippen LogP contribution in [0.5, 0.6) is 0 Å². The van der Waals surface area contributed by atoms with Crippen LogP contribution in [0.4, 0.5) is 5.69 Å². The minimum atomic E-state index is -0.518. The fraction of sp³-hybridized carbons (Fsp3) is 0.364. The summed E-state index contributed by atoms with van der Waals surface area (Å²) in [7, 11) is 0. The van der Waals surface area contributed by atoms with Gasteiger partial charge in [0.25, 0.3) is 0 Å². The largest absolute Gasteiger partial charge is 0.389 e. The van der Waals surface area contributed by atoms with Crippen molar-refractivity contribution in [3.05, 3.63) is 24.0 Å². The number of anilines is 1. The summed E-state index contributed by atoms with van der Waals surface area (Å²) in [5, 5.41) is 0. The number of nitrogens with zero attached hydrogens (tertiary/aromatic N) is 2. The maximum Gasteiger partial charge on any atom is 0.242 e. The lowest BCUT2D eigenvalue weighted by atomic mass is 10.1. The smallest absolute Gasteiger partial charge is 0.242 e. The average molecular weight is 266 g/mol. The second-order valence-electron chi connectivity index (χ2n) is 3.94. The number of thiocarbonyl (C=S) groups is 1. The molecule has 1 aliphatic rings. The summed E-state index contributed by atoms with van der Waals surface area (Å²) in [5.74, 6) is -0.438. The van der Waals surface area contributed by atoms with Gasteiger partial charge >= 0.3 is 0 Å². The Morgan fingerprint density at radius 1 is 1.56 bits per heavy atom. The zero-order valence-electron chi connectivity index (χ0n) is 9.70. The molecule has 1 amide bonds. The van der Waals surface area contributed by atoms with E-state index >= 15 is 0 Å². The van der Waals surface area contributed by atoms with E-state index in [2.05, 4.69) is 4.98 Å². The van der Waals surface area contributed by atoms with Crippen LogP contribution in [0, 0.1) is 0 Å². The van der Waals surface area contributed by atoms with Gasteiger partial charge < -0.3 is 21.1 Å². The highest BCUT2D eigenvalue weighted by molar-refractivity contribution is 7.80. The average Bonchev–Trinajstić information content (AvgIpc) is 2.38. The predicted octanol–water partition coefficient (Wildman–Crippen LogP) is -0.594. The van der Waals surface area contributed by atoms with Gasteiger partial charge in [0, 0.05) is 18.3 Å². The monoisotopic (exact) mass is 266 g/mol. The van der Waals surface area contributed by atoms with E-state index in [1.54, 1.807) is 18.5 Å². The summed E-state index contributed by atoms with van der Waals surface area (Å²) in [4.78, 5) is 17.6. The standard InChI is InChI=1S/C11H14N4O2S/c12-10(16)9-6-17-4-3-15(9)8-5-14-2-1-7(8)11(13)18/h1-2,5,9H,3-4,6H2,(H2,12,16)(H2,13,18). The molecule has 2 rings (SSSR count). The van der Waals surface area contributed by atoms with Gasteiger partial charge in [0.1, 0.15) is 11.0 Å². The van der Waals surface area contributed by atoms with Gasteiger partial charge in [-0.2, -0.15) is 0 Å². The number of pyridine rings is 1. The Hall–Kier alpha value is -1.73. The SMILES string of the molecule is NC(=O)C1COCCN1c1cnccc1C(N)=S. The van der Waals surface area contributed by atoms with Gasteiger partial charge in [-0.1, -0.05) is 12.2 Å². The normalized spacial score (nSPS) is 19.6. The molecule has 96 valence electrons. The maximum absolute atomic E-state index is 11.4. The van der Waals surface area contributed by atoms with Crippen LogP contribution in [0.1, 0.15) is 5.56 Å². The van der Waals surface area contributed by atoms with Gasteiger partial charge in [-0.3, -0.25) is 9.78 Å². The van der Waals surface area contributed by atoms with Crippen LogP contribution < -0.4 is 16.4 Å². The zero-order valence-corrected chi connectivity index (χ0v) is 10.5. The first-order chi connectivity index (χ1) is 8.61. The third kappa shape index (κ3) is 2.41. The molecule has 4 N–H and O–H groups in total. The number of ether oxygens (including phenoxy) is 1. The molecule has 1 aromatic rings. The second-order valence-corrected chi connectivity index (χ2v) is 4.38. The van der Waals surface area contributed by atoms with E-state index < -0.39 is 11.9 Å². The third-order valence-corrected chi connectivity index (χ3v) is 3.05. The van der Waals surface area contributed by atoms with E-state index in [0.29, 0.717) is 18.7 Å². The molecule has 6 nitrogen and oxygen atoms in total. The number of aromatic nitrogens is 1. The Morgan fingerprint density at radius 2 is 2.33 bits per heavy atom. The molecular formula is C11H14N4O2S. The summed E-state index contributed by atoms with van der Waals surface area (Å²) in [5.41, 5.74) is 12.5. The number of carbonyl (C=O) groups is 1. The molecule has 1 aromatic heterocycles. The Bertz CT molecular complexity index is 480. The van der Waals surface area contributed by atoms with Crippen molar-refractivity contribution in [1.29, 1.82) is 0 Å². The highest BCUT2D eigenvalue weighted by Crippen LogP contribution is 2.23. The molecular weight excluding hydrogens is 252 g/mol. The van der Waals surface area contributed by atoms with Crippen LogP contribution in [-0.4, -0.2) is 41.7 Å². The molecule has 0 aromatic carbocycles. The summed E-state index contributed by atoms with van der Waals surface area (Å²) in [6, 6.07) is 1.21. The molecule has 0 radical (unpaired) electrons. The first kappa shape index (κ1) is 12.7. The lowest BCUT2D eigenvalue weighted by Gasteiger charge is -2.36. The van der Waals surface area contributed by atoms with Crippen LogP contribution in [0.15, 0.2) is 18.5 Å². The number of carbonyl (C=O) groups excluding carboxylic acids is 1. The van der Waals surface area contributed by atoms with Crippen molar-refractivity contribution < 1.29 is 9.53 Å². The minimum Gasteiger partial charge on any atom is -0.389 e. The van der Waals surface area contributed by atoms with E-state index in [1.165, 1.54) is 0 Å². The number of morpholine rings is 1. The van der Waals surface area contributed by atoms with Crippen molar-refractivity contribution in [3.8, 4) is 0 Å². The fourth-order valence-corrected chi connectivity index (χ4v) is 2.12. The van der Waals surface area contributed by atoms with Crippen molar-refractivity contribution in [1.82, 2.24) is 4.98 Å². The summed E-state index contributed by atoms with van der Waals surface area (Å²) < 4.78 is 5.27. The van der Waals surface area contributed by atoms with Gasteiger partial charge in [-0.15, -0.1) is 0 Å². The van der Waals surface area contributed by atoms with Crippen molar-refractivity contribution in [3.63, 3.8) is 0 Å². The lowest BCUT2D eigenvalue weighted by molar-refractivity contribution is -0.121. The summed E-state index contributed by atoms with van der Waals surface area (Å²) >= 11 is 5.00. The van der Waals surface area contributed by atoms with Crippen molar-refractivity contribution in [2.75, 3.05) is 24.7 Å². The number of primary amides is 1. The first-order valence-electron chi connectivity index (χ1n) is 5.48. The van der Waals surface area contributed by atoms with E-state index in [4.69, 9.17) is 28.4 Å². The fourth-order valence-electron chi connectivity index (χ4n) is 1.95. The highest BCUT2D eigenvalue weighted by atomic mass is 32.1.